The molecule has 1 aliphatic rings. The molecule has 124 valence electrons. The fourth-order valence-electron chi connectivity index (χ4n) is 2.73. The molecule has 1 saturated heterocycles. The Balaban J connectivity index is 1.67. The first-order valence-corrected chi connectivity index (χ1v) is 8.50. The van der Waals surface area contributed by atoms with Crippen molar-refractivity contribution in [3.63, 3.8) is 0 Å². The average Bonchev–Trinajstić information content (AvgIpc) is 3.00. The summed E-state index contributed by atoms with van der Waals surface area (Å²) in [6.45, 7) is 1.23. The highest BCUT2D eigenvalue weighted by molar-refractivity contribution is 7.22. The van der Waals surface area contributed by atoms with Crippen LogP contribution in [0.1, 0.15) is 12.8 Å². The summed E-state index contributed by atoms with van der Waals surface area (Å²) in [4.78, 5) is 19.0. The summed E-state index contributed by atoms with van der Waals surface area (Å²) >= 11 is 1.50. The fourth-order valence-corrected chi connectivity index (χ4v) is 3.77. The first-order valence-electron chi connectivity index (χ1n) is 7.68. The number of fused-ring (bicyclic) bond motifs is 1. The van der Waals surface area contributed by atoms with Gasteiger partial charge in [0, 0.05) is 18.8 Å². The molecule has 0 spiro atoms. The predicted octanol–water partition coefficient (Wildman–Crippen LogP) is 2.75. The summed E-state index contributed by atoms with van der Waals surface area (Å²) in [5.74, 6) is 1.61. The Hall–Kier alpha value is -2.55. The molecule has 0 bridgehead atoms. The van der Waals surface area contributed by atoms with Crippen molar-refractivity contribution in [2.45, 2.75) is 19.0 Å². The molecule has 0 radical (unpaired) electrons. The molecule has 3 aromatic heterocycles. The van der Waals surface area contributed by atoms with E-state index in [0.717, 1.165) is 28.3 Å². The van der Waals surface area contributed by atoms with Gasteiger partial charge in [-0.15, -0.1) is 0 Å². The molecule has 1 unspecified atom stereocenters. The van der Waals surface area contributed by atoms with E-state index in [0.29, 0.717) is 30.4 Å². The molecule has 4 heterocycles. The van der Waals surface area contributed by atoms with E-state index in [1.807, 2.05) is 11.0 Å². The number of alkyl halides is 1. The third-order valence-corrected chi connectivity index (χ3v) is 5.00. The second-order valence-corrected chi connectivity index (χ2v) is 6.62. The number of nitrogens with one attached hydrogen (secondary N) is 1. The van der Waals surface area contributed by atoms with Crippen LogP contribution in [0.4, 0.5) is 27.0 Å². The number of piperidine rings is 1. The van der Waals surface area contributed by atoms with Crippen molar-refractivity contribution >= 4 is 44.1 Å². The average molecular weight is 345 g/mol. The predicted molar refractivity (Wildman–Crippen MR) is 93.5 cm³/mol. The van der Waals surface area contributed by atoms with Crippen LogP contribution in [0.15, 0.2) is 24.7 Å². The molecular formula is C15H16FN7S. The van der Waals surface area contributed by atoms with Crippen LogP contribution >= 0.6 is 11.3 Å². The van der Waals surface area contributed by atoms with E-state index in [9.17, 15) is 4.39 Å². The number of halogens is 1. The van der Waals surface area contributed by atoms with E-state index in [2.05, 4.69) is 25.3 Å². The lowest BCUT2D eigenvalue weighted by Crippen LogP contribution is -2.36. The minimum Gasteiger partial charge on any atom is -0.384 e. The third-order valence-electron chi connectivity index (χ3n) is 3.86. The summed E-state index contributed by atoms with van der Waals surface area (Å²) in [7, 11) is 0. The second-order valence-electron chi connectivity index (χ2n) is 5.64. The largest absolute Gasteiger partial charge is 0.384 e. The van der Waals surface area contributed by atoms with E-state index in [4.69, 9.17) is 5.73 Å². The van der Waals surface area contributed by atoms with Gasteiger partial charge in [-0.3, -0.25) is 0 Å². The molecule has 9 heteroatoms. The first-order chi connectivity index (χ1) is 11.7. The lowest BCUT2D eigenvalue weighted by atomic mass is 10.1. The molecular weight excluding hydrogens is 329 g/mol. The lowest BCUT2D eigenvalue weighted by molar-refractivity contribution is 0.287. The second kappa shape index (κ2) is 6.16. The fraction of sp³-hybridized carbons (Fsp3) is 0.333. The Morgan fingerprint density at radius 1 is 1.33 bits per heavy atom. The maximum atomic E-state index is 13.7. The number of thiazole rings is 1. The van der Waals surface area contributed by atoms with Gasteiger partial charge in [-0.2, -0.15) is 0 Å². The zero-order valence-electron chi connectivity index (χ0n) is 12.8. The molecule has 1 atom stereocenters. The monoisotopic (exact) mass is 345 g/mol. The highest BCUT2D eigenvalue weighted by Crippen LogP contribution is 2.35. The molecule has 0 aromatic carbocycles. The number of hydrogen-bond acceptors (Lipinski definition) is 8. The normalized spacial score (nSPS) is 18.0. The molecule has 3 aromatic rings. The van der Waals surface area contributed by atoms with Crippen molar-refractivity contribution in [3.05, 3.63) is 24.7 Å². The topological polar surface area (TPSA) is 92.8 Å². The van der Waals surface area contributed by atoms with Crippen LogP contribution in [0, 0.1) is 0 Å². The molecule has 4 rings (SSSR count). The van der Waals surface area contributed by atoms with Crippen LogP contribution in [0.5, 0.6) is 0 Å². The maximum absolute atomic E-state index is 13.7. The van der Waals surface area contributed by atoms with Crippen molar-refractivity contribution in [2.75, 3.05) is 29.0 Å². The molecule has 1 fully saturated rings. The number of nitrogens with two attached hydrogens (primary N) is 1. The molecule has 0 amide bonds. The minimum absolute atomic E-state index is 0.381. The minimum atomic E-state index is -0.787. The van der Waals surface area contributed by atoms with E-state index < -0.39 is 6.17 Å². The number of rotatable bonds is 3. The van der Waals surface area contributed by atoms with Gasteiger partial charge in [-0.1, -0.05) is 11.3 Å². The Bertz CT molecular complexity index is 868. The van der Waals surface area contributed by atoms with Crippen LogP contribution in [-0.2, 0) is 0 Å². The summed E-state index contributed by atoms with van der Waals surface area (Å²) in [6.07, 6.45) is 3.77. The number of aromatic nitrogens is 4. The lowest BCUT2D eigenvalue weighted by Gasteiger charge is -2.28. The van der Waals surface area contributed by atoms with Gasteiger partial charge in [0.05, 0.1) is 16.8 Å². The quantitative estimate of drug-likeness (QED) is 0.754. The SMILES string of the molecule is Nc1cc(Nc2nccc3nc(N4CCCC(F)C4)sc23)ncn1. The van der Waals surface area contributed by atoms with Crippen LogP contribution in [-0.4, -0.2) is 39.2 Å². The Kier molecular flexibility index (Phi) is 3.85. The first kappa shape index (κ1) is 15.0. The van der Waals surface area contributed by atoms with Crippen LogP contribution in [0.2, 0.25) is 0 Å². The van der Waals surface area contributed by atoms with Crippen molar-refractivity contribution in [3.8, 4) is 0 Å². The molecule has 0 aliphatic carbocycles. The standard InChI is InChI=1S/C15H16FN7S/c16-9-2-1-5-23(7-9)15-21-10-3-4-18-14(13(10)24-15)22-12-6-11(17)19-8-20-12/h3-4,6,8-9H,1-2,5,7H2,(H3,17,18,19,20,22). The molecule has 24 heavy (non-hydrogen) atoms. The van der Waals surface area contributed by atoms with Crippen LogP contribution in [0.3, 0.4) is 0 Å². The molecule has 7 nitrogen and oxygen atoms in total. The highest BCUT2D eigenvalue weighted by Gasteiger charge is 2.22. The van der Waals surface area contributed by atoms with Crippen LogP contribution < -0.4 is 16.0 Å². The van der Waals surface area contributed by atoms with Gasteiger partial charge in [-0.25, -0.2) is 24.3 Å². The number of nitrogen functional groups attached to an aromatic ring is 1. The van der Waals surface area contributed by atoms with Gasteiger partial charge in [-0.05, 0) is 18.9 Å². The van der Waals surface area contributed by atoms with Crippen LogP contribution in [0.25, 0.3) is 10.2 Å². The van der Waals surface area contributed by atoms with Gasteiger partial charge in [0.15, 0.2) is 10.9 Å². The molecule has 0 saturated carbocycles. The molecule has 3 N–H and O–H groups in total. The zero-order chi connectivity index (χ0) is 16.5. The summed E-state index contributed by atoms with van der Waals surface area (Å²) in [5, 5.41) is 3.97. The number of pyridine rings is 1. The molecule has 1 aliphatic heterocycles. The van der Waals surface area contributed by atoms with E-state index >= 15 is 0 Å². The summed E-state index contributed by atoms with van der Waals surface area (Å²) in [6, 6.07) is 3.49. The third kappa shape index (κ3) is 2.94. The summed E-state index contributed by atoms with van der Waals surface area (Å²) in [5.41, 5.74) is 6.51. The van der Waals surface area contributed by atoms with Gasteiger partial charge in [0.2, 0.25) is 0 Å². The van der Waals surface area contributed by atoms with Crippen molar-refractivity contribution in [2.24, 2.45) is 0 Å². The zero-order valence-corrected chi connectivity index (χ0v) is 13.6. The number of anilines is 4. The van der Waals surface area contributed by atoms with E-state index in [-0.39, 0.29) is 0 Å². The highest BCUT2D eigenvalue weighted by atomic mass is 32.1. The Labute approximate surface area is 141 Å². The Morgan fingerprint density at radius 2 is 2.25 bits per heavy atom. The number of hydrogen-bond donors (Lipinski definition) is 2. The Morgan fingerprint density at radius 3 is 3.08 bits per heavy atom. The maximum Gasteiger partial charge on any atom is 0.186 e. The van der Waals surface area contributed by atoms with Gasteiger partial charge >= 0.3 is 0 Å². The van der Waals surface area contributed by atoms with Gasteiger partial charge < -0.3 is 16.0 Å². The van der Waals surface area contributed by atoms with Crippen molar-refractivity contribution in [1.82, 2.24) is 19.9 Å². The van der Waals surface area contributed by atoms with Gasteiger partial charge in [0.1, 0.15) is 24.1 Å². The van der Waals surface area contributed by atoms with Crippen molar-refractivity contribution in [1.29, 1.82) is 0 Å². The smallest absolute Gasteiger partial charge is 0.186 e. The van der Waals surface area contributed by atoms with Crippen molar-refractivity contribution < 1.29 is 4.39 Å². The number of nitrogens with zero attached hydrogens (tertiary/aromatic N) is 5. The van der Waals surface area contributed by atoms with E-state index in [1.54, 1.807) is 12.3 Å². The summed E-state index contributed by atoms with van der Waals surface area (Å²) < 4.78 is 14.6. The van der Waals surface area contributed by atoms with Gasteiger partial charge in [0.25, 0.3) is 0 Å². The van der Waals surface area contributed by atoms with E-state index in [1.165, 1.54) is 17.7 Å².